The van der Waals surface area contributed by atoms with Crippen LogP contribution in [-0.2, 0) is 10.3 Å². The molecule has 0 aliphatic carbocycles. The van der Waals surface area contributed by atoms with Crippen molar-refractivity contribution in [3.63, 3.8) is 0 Å². The van der Waals surface area contributed by atoms with E-state index in [1.165, 1.54) is 0 Å². The number of hydrogen-bond donors (Lipinski definition) is 1. The van der Waals surface area contributed by atoms with Crippen LogP contribution >= 0.6 is 11.6 Å². The molecule has 0 spiro atoms. The number of hydrogen-bond acceptors (Lipinski definition) is 2. The van der Waals surface area contributed by atoms with Crippen molar-refractivity contribution in [1.29, 1.82) is 0 Å². The Hall–Kier alpha value is -1.22. The molecule has 0 radical (unpaired) electrons. The molecule has 0 aliphatic rings. The van der Waals surface area contributed by atoms with Gasteiger partial charge in [0.05, 0.1) is 12.6 Å². The number of nitrogens with one attached hydrogen (secondary N) is 1. The van der Waals surface area contributed by atoms with Crippen LogP contribution in [0, 0.1) is 13.8 Å². The van der Waals surface area contributed by atoms with Crippen molar-refractivity contribution >= 4 is 17.5 Å². The minimum Gasteiger partial charge on any atom is -0.496 e. The Morgan fingerprint density at radius 2 is 1.94 bits per heavy atom. The summed E-state index contributed by atoms with van der Waals surface area (Å²) >= 11 is 5.53. The predicted molar refractivity (Wildman–Crippen MR) is 74.4 cm³/mol. The molecule has 0 aliphatic heterocycles. The van der Waals surface area contributed by atoms with E-state index in [9.17, 15) is 4.79 Å². The highest BCUT2D eigenvalue weighted by molar-refractivity contribution is 6.27. The van der Waals surface area contributed by atoms with E-state index >= 15 is 0 Å². The van der Waals surface area contributed by atoms with Crippen LogP contribution in [0.4, 0.5) is 0 Å². The molecule has 18 heavy (non-hydrogen) atoms. The molecule has 0 unspecified atom stereocenters. The van der Waals surface area contributed by atoms with Crippen LogP contribution in [0.15, 0.2) is 12.1 Å². The van der Waals surface area contributed by atoms with Crippen molar-refractivity contribution in [3.8, 4) is 5.75 Å². The van der Waals surface area contributed by atoms with Gasteiger partial charge in [-0.15, -0.1) is 11.6 Å². The van der Waals surface area contributed by atoms with Crippen LogP contribution in [-0.4, -0.2) is 18.9 Å². The van der Waals surface area contributed by atoms with Crippen molar-refractivity contribution in [2.45, 2.75) is 33.2 Å². The van der Waals surface area contributed by atoms with Crippen molar-refractivity contribution < 1.29 is 9.53 Å². The second-order valence-electron chi connectivity index (χ2n) is 4.94. The Kier molecular flexibility index (Phi) is 4.63. The highest BCUT2D eigenvalue weighted by Crippen LogP contribution is 2.29. The summed E-state index contributed by atoms with van der Waals surface area (Å²) in [7, 11) is 1.65. The molecular weight excluding hydrogens is 250 g/mol. The maximum atomic E-state index is 11.5. The summed E-state index contributed by atoms with van der Waals surface area (Å²) in [5.74, 6) is 0.655. The molecule has 0 saturated carbocycles. The van der Waals surface area contributed by atoms with Gasteiger partial charge >= 0.3 is 0 Å². The molecule has 1 aromatic carbocycles. The predicted octanol–water partition coefficient (Wildman–Crippen LogP) is 2.90. The third-order valence-corrected chi connectivity index (χ3v) is 3.23. The zero-order valence-electron chi connectivity index (χ0n) is 11.6. The zero-order valence-corrected chi connectivity index (χ0v) is 12.3. The molecule has 0 atom stereocenters. The summed E-state index contributed by atoms with van der Waals surface area (Å²) in [4.78, 5) is 11.5. The van der Waals surface area contributed by atoms with E-state index in [0.29, 0.717) is 0 Å². The smallest absolute Gasteiger partial charge is 0.235 e. The van der Waals surface area contributed by atoms with E-state index < -0.39 is 5.54 Å². The number of ether oxygens (including phenoxy) is 1. The van der Waals surface area contributed by atoms with Gasteiger partial charge in [-0.2, -0.15) is 0 Å². The molecule has 0 fully saturated rings. The fraction of sp³-hybridized carbons (Fsp3) is 0.500. The summed E-state index contributed by atoms with van der Waals surface area (Å²) < 4.78 is 5.29. The Morgan fingerprint density at radius 1 is 1.33 bits per heavy atom. The Bertz CT molecular complexity index is 455. The van der Waals surface area contributed by atoms with Crippen LogP contribution in [0.3, 0.4) is 0 Å². The quantitative estimate of drug-likeness (QED) is 0.854. The normalized spacial score (nSPS) is 11.2. The van der Waals surface area contributed by atoms with E-state index in [0.717, 1.165) is 22.4 Å². The first-order valence-corrected chi connectivity index (χ1v) is 6.38. The van der Waals surface area contributed by atoms with Crippen molar-refractivity contribution in [3.05, 3.63) is 28.8 Å². The van der Waals surface area contributed by atoms with E-state index in [4.69, 9.17) is 16.3 Å². The minimum absolute atomic E-state index is 0.0301. The summed E-state index contributed by atoms with van der Waals surface area (Å²) in [5.41, 5.74) is 2.75. The highest BCUT2D eigenvalue weighted by Gasteiger charge is 2.25. The first kappa shape index (κ1) is 14.8. The van der Waals surface area contributed by atoms with E-state index in [1.807, 2.05) is 39.8 Å². The average Bonchev–Trinajstić information content (AvgIpc) is 2.30. The number of carbonyl (C=O) groups excluding carboxylic acids is 1. The molecule has 1 aromatic rings. The van der Waals surface area contributed by atoms with Gasteiger partial charge in [-0.05, 0) is 56.5 Å². The second-order valence-corrected chi connectivity index (χ2v) is 5.21. The molecule has 0 bridgehead atoms. The monoisotopic (exact) mass is 269 g/mol. The van der Waals surface area contributed by atoms with Gasteiger partial charge in [0.1, 0.15) is 11.6 Å². The second kappa shape index (κ2) is 5.61. The van der Waals surface area contributed by atoms with Crippen LogP contribution in [0.25, 0.3) is 0 Å². The van der Waals surface area contributed by atoms with Gasteiger partial charge in [-0.25, -0.2) is 0 Å². The first-order chi connectivity index (χ1) is 8.31. The number of rotatable bonds is 4. The maximum Gasteiger partial charge on any atom is 0.235 e. The van der Waals surface area contributed by atoms with Crippen LogP contribution in [0.5, 0.6) is 5.75 Å². The lowest BCUT2D eigenvalue weighted by atomic mass is 9.88. The Labute approximate surface area is 113 Å². The molecule has 1 rings (SSSR count). The fourth-order valence-corrected chi connectivity index (χ4v) is 2.20. The standard InChI is InChI=1S/C14H20ClNO2/c1-9-7-12(18-5)10(2)6-11(9)14(3,4)16-13(17)8-15/h6-7H,8H2,1-5H3,(H,16,17). The molecule has 100 valence electrons. The van der Waals surface area contributed by atoms with Crippen molar-refractivity contribution in [2.75, 3.05) is 13.0 Å². The SMILES string of the molecule is COc1cc(C)c(C(C)(C)NC(=O)CCl)cc1C. The number of methoxy groups -OCH3 is 1. The van der Waals surface area contributed by atoms with Gasteiger partial charge in [0.2, 0.25) is 5.91 Å². The zero-order chi connectivity index (χ0) is 13.9. The van der Waals surface area contributed by atoms with Gasteiger partial charge in [0.25, 0.3) is 0 Å². The van der Waals surface area contributed by atoms with Gasteiger partial charge in [0, 0.05) is 0 Å². The van der Waals surface area contributed by atoms with Gasteiger partial charge in [-0.1, -0.05) is 0 Å². The lowest BCUT2D eigenvalue weighted by Gasteiger charge is -2.29. The Balaban J connectivity index is 3.16. The number of alkyl halides is 1. The summed E-state index contributed by atoms with van der Waals surface area (Å²) in [5, 5.41) is 2.92. The molecular formula is C14H20ClNO2. The third-order valence-electron chi connectivity index (χ3n) is 2.99. The van der Waals surface area contributed by atoms with Crippen LogP contribution in [0.1, 0.15) is 30.5 Å². The number of carbonyl (C=O) groups is 1. The molecule has 1 N–H and O–H groups in total. The molecule has 3 nitrogen and oxygen atoms in total. The molecule has 4 heteroatoms. The van der Waals surface area contributed by atoms with Crippen molar-refractivity contribution in [1.82, 2.24) is 5.32 Å². The topological polar surface area (TPSA) is 38.3 Å². The summed E-state index contributed by atoms with van der Waals surface area (Å²) in [6, 6.07) is 4.03. The lowest BCUT2D eigenvalue weighted by Crippen LogP contribution is -2.42. The number of aryl methyl sites for hydroxylation is 2. The summed E-state index contributed by atoms with van der Waals surface area (Å²) in [6.07, 6.45) is 0. The lowest BCUT2D eigenvalue weighted by molar-refractivity contribution is -0.120. The number of amides is 1. The van der Waals surface area contributed by atoms with Gasteiger partial charge in [-0.3, -0.25) is 4.79 Å². The maximum absolute atomic E-state index is 11.5. The number of benzene rings is 1. The molecule has 0 heterocycles. The minimum atomic E-state index is -0.451. The summed E-state index contributed by atoms with van der Waals surface area (Å²) in [6.45, 7) is 7.92. The van der Waals surface area contributed by atoms with Gasteiger partial charge in [0.15, 0.2) is 0 Å². The van der Waals surface area contributed by atoms with Crippen LogP contribution < -0.4 is 10.1 Å². The van der Waals surface area contributed by atoms with Crippen molar-refractivity contribution in [2.24, 2.45) is 0 Å². The van der Waals surface area contributed by atoms with E-state index in [-0.39, 0.29) is 11.8 Å². The average molecular weight is 270 g/mol. The van der Waals surface area contributed by atoms with E-state index in [1.54, 1.807) is 7.11 Å². The van der Waals surface area contributed by atoms with E-state index in [2.05, 4.69) is 5.32 Å². The number of halogens is 1. The third kappa shape index (κ3) is 3.16. The molecule has 0 saturated heterocycles. The Morgan fingerprint density at radius 3 is 2.44 bits per heavy atom. The molecule has 1 amide bonds. The first-order valence-electron chi connectivity index (χ1n) is 5.84. The van der Waals surface area contributed by atoms with Gasteiger partial charge < -0.3 is 10.1 Å². The molecule has 0 aromatic heterocycles. The fourth-order valence-electron chi connectivity index (χ4n) is 2.13. The highest BCUT2D eigenvalue weighted by atomic mass is 35.5. The van der Waals surface area contributed by atoms with Crippen LogP contribution in [0.2, 0.25) is 0 Å². The largest absolute Gasteiger partial charge is 0.496 e.